The molecule has 1 aromatic heterocycles. The maximum atomic E-state index is 11.7. The molecule has 0 fully saturated rings. The van der Waals surface area contributed by atoms with Gasteiger partial charge in [-0.25, -0.2) is 14.8 Å². The zero-order chi connectivity index (χ0) is 14.4. The quantitative estimate of drug-likeness (QED) is 0.655. The Labute approximate surface area is 116 Å². The van der Waals surface area contributed by atoms with Crippen molar-refractivity contribution in [1.82, 2.24) is 9.97 Å². The molecule has 2 aromatic rings. The van der Waals surface area contributed by atoms with Gasteiger partial charge in [-0.05, 0) is 11.6 Å². The lowest BCUT2D eigenvalue weighted by molar-refractivity contribution is 0.0507. The molecule has 0 amide bonds. The molecule has 0 aliphatic rings. The lowest BCUT2D eigenvalue weighted by atomic mass is 10.1. The van der Waals surface area contributed by atoms with Crippen molar-refractivity contribution in [1.29, 1.82) is 0 Å². The van der Waals surface area contributed by atoms with E-state index in [0.717, 1.165) is 5.56 Å². The predicted octanol–water partition coefficient (Wildman–Crippen LogP) is 1.47. The third-order valence-electron chi connectivity index (χ3n) is 2.71. The largest absolute Gasteiger partial charge is 0.496 e. The molecular weight excluding hydrogens is 258 g/mol. The van der Waals surface area contributed by atoms with Crippen LogP contribution in [-0.2, 0) is 11.2 Å². The van der Waals surface area contributed by atoms with Gasteiger partial charge >= 0.3 is 5.97 Å². The number of ether oxygens (including phenoxy) is 2. The van der Waals surface area contributed by atoms with Crippen LogP contribution in [0.3, 0.4) is 0 Å². The number of hydrogen-bond acceptors (Lipinski definition) is 6. The number of nitrogen functional groups attached to an aromatic ring is 1. The van der Waals surface area contributed by atoms with E-state index in [9.17, 15) is 4.79 Å². The Hall–Kier alpha value is -2.63. The van der Waals surface area contributed by atoms with Crippen LogP contribution < -0.4 is 10.5 Å². The Kier molecular flexibility index (Phi) is 4.49. The fraction of sp³-hybridized carbons (Fsp3) is 0.214. The number of methoxy groups -OCH3 is 1. The summed E-state index contributed by atoms with van der Waals surface area (Å²) < 4.78 is 10.4. The number of esters is 1. The van der Waals surface area contributed by atoms with Gasteiger partial charge in [0.2, 0.25) is 0 Å². The summed E-state index contributed by atoms with van der Waals surface area (Å²) >= 11 is 0. The van der Waals surface area contributed by atoms with Crippen LogP contribution in [0.15, 0.2) is 36.9 Å². The van der Waals surface area contributed by atoms with Crippen molar-refractivity contribution >= 4 is 11.7 Å². The molecule has 2 N–H and O–H groups in total. The fourth-order valence-corrected chi connectivity index (χ4v) is 1.71. The van der Waals surface area contributed by atoms with E-state index >= 15 is 0 Å². The molecule has 0 aliphatic carbocycles. The third-order valence-corrected chi connectivity index (χ3v) is 2.71. The van der Waals surface area contributed by atoms with Crippen molar-refractivity contribution in [2.75, 3.05) is 19.5 Å². The van der Waals surface area contributed by atoms with Gasteiger partial charge in [0.05, 0.1) is 19.3 Å². The standard InChI is InChI=1S/C14H15N3O3/c1-19-13-6-12(15)3-2-10(13)4-5-20-14(18)11-7-16-9-17-8-11/h2-3,6-9H,4-5,15H2,1H3. The topological polar surface area (TPSA) is 87.3 Å². The molecule has 0 spiro atoms. The van der Waals surface area contributed by atoms with Crippen LogP contribution in [0.2, 0.25) is 0 Å². The van der Waals surface area contributed by atoms with E-state index in [4.69, 9.17) is 15.2 Å². The number of carbonyl (C=O) groups is 1. The molecule has 0 atom stereocenters. The Balaban J connectivity index is 1.92. The number of benzene rings is 1. The molecule has 2 rings (SSSR count). The second-order valence-electron chi connectivity index (χ2n) is 4.08. The Morgan fingerprint density at radius 1 is 1.30 bits per heavy atom. The van der Waals surface area contributed by atoms with E-state index < -0.39 is 5.97 Å². The number of rotatable bonds is 5. The first-order chi connectivity index (χ1) is 9.70. The normalized spacial score (nSPS) is 10.1. The van der Waals surface area contributed by atoms with Crippen molar-refractivity contribution in [3.8, 4) is 5.75 Å². The minimum atomic E-state index is -0.444. The molecule has 1 heterocycles. The van der Waals surface area contributed by atoms with Gasteiger partial charge in [-0.3, -0.25) is 0 Å². The number of aromatic nitrogens is 2. The minimum Gasteiger partial charge on any atom is -0.496 e. The maximum Gasteiger partial charge on any atom is 0.341 e. The molecule has 0 radical (unpaired) electrons. The number of nitrogens with two attached hydrogens (primary N) is 1. The van der Waals surface area contributed by atoms with Crippen molar-refractivity contribution in [2.45, 2.75) is 6.42 Å². The number of carbonyl (C=O) groups excluding carboxylic acids is 1. The fourth-order valence-electron chi connectivity index (χ4n) is 1.71. The van der Waals surface area contributed by atoms with Gasteiger partial charge in [0.15, 0.2) is 0 Å². The van der Waals surface area contributed by atoms with E-state index in [-0.39, 0.29) is 6.61 Å². The first-order valence-electron chi connectivity index (χ1n) is 6.05. The number of nitrogens with zero attached hydrogens (tertiary/aromatic N) is 2. The third kappa shape index (κ3) is 3.44. The van der Waals surface area contributed by atoms with Gasteiger partial charge in [0.25, 0.3) is 0 Å². The minimum absolute atomic E-state index is 0.244. The van der Waals surface area contributed by atoms with Crippen LogP contribution in [-0.4, -0.2) is 29.7 Å². The van der Waals surface area contributed by atoms with Gasteiger partial charge in [0.1, 0.15) is 12.1 Å². The van der Waals surface area contributed by atoms with E-state index in [1.807, 2.05) is 6.07 Å². The molecule has 1 aromatic carbocycles. The summed E-state index contributed by atoms with van der Waals surface area (Å²) in [4.78, 5) is 19.2. The van der Waals surface area contributed by atoms with Crippen LogP contribution in [0.4, 0.5) is 5.69 Å². The zero-order valence-electron chi connectivity index (χ0n) is 11.1. The molecule has 0 saturated carbocycles. The SMILES string of the molecule is COc1cc(N)ccc1CCOC(=O)c1cncnc1. The molecule has 0 unspecified atom stereocenters. The molecule has 6 heteroatoms. The van der Waals surface area contributed by atoms with E-state index in [0.29, 0.717) is 23.4 Å². The summed E-state index contributed by atoms with van der Waals surface area (Å²) in [5.41, 5.74) is 7.57. The van der Waals surface area contributed by atoms with Crippen LogP contribution in [0.1, 0.15) is 15.9 Å². The average molecular weight is 273 g/mol. The molecule has 20 heavy (non-hydrogen) atoms. The first kappa shape index (κ1) is 13.8. The van der Waals surface area contributed by atoms with Crippen LogP contribution in [0, 0.1) is 0 Å². The summed E-state index contributed by atoms with van der Waals surface area (Å²) in [7, 11) is 1.57. The summed E-state index contributed by atoms with van der Waals surface area (Å²) in [6.45, 7) is 0.244. The highest BCUT2D eigenvalue weighted by atomic mass is 16.5. The van der Waals surface area contributed by atoms with Crippen molar-refractivity contribution in [2.24, 2.45) is 0 Å². The van der Waals surface area contributed by atoms with E-state index in [1.165, 1.54) is 18.7 Å². The van der Waals surface area contributed by atoms with Gasteiger partial charge < -0.3 is 15.2 Å². The predicted molar refractivity (Wildman–Crippen MR) is 73.4 cm³/mol. The monoisotopic (exact) mass is 273 g/mol. The average Bonchev–Trinajstić information content (AvgIpc) is 2.49. The zero-order valence-corrected chi connectivity index (χ0v) is 11.1. The summed E-state index contributed by atoms with van der Waals surface area (Å²) in [5, 5.41) is 0. The van der Waals surface area contributed by atoms with Gasteiger partial charge in [0, 0.05) is 30.6 Å². The second kappa shape index (κ2) is 6.51. The highest BCUT2D eigenvalue weighted by Crippen LogP contribution is 2.21. The van der Waals surface area contributed by atoms with E-state index in [1.54, 1.807) is 19.2 Å². The van der Waals surface area contributed by atoms with Gasteiger partial charge in [-0.15, -0.1) is 0 Å². The van der Waals surface area contributed by atoms with Gasteiger partial charge in [-0.1, -0.05) is 6.07 Å². The maximum absolute atomic E-state index is 11.7. The number of anilines is 1. The number of hydrogen-bond donors (Lipinski definition) is 1. The Morgan fingerprint density at radius 2 is 2.05 bits per heavy atom. The lowest BCUT2D eigenvalue weighted by Gasteiger charge is -2.09. The van der Waals surface area contributed by atoms with Crippen molar-refractivity contribution in [3.05, 3.63) is 48.0 Å². The van der Waals surface area contributed by atoms with E-state index in [2.05, 4.69) is 9.97 Å². The molecule has 0 saturated heterocycles. The lowest BCUT2D eigenvalue weighted by Crippen LogP contribution is -2.09. The van der Waals surface area contributed by atoms with Crippen LogP contribution in [0.5, 0.6) is 5.75 Å². The van der Waals surface area contributed by atoms with Crippen LogP contribution >= 0.6 is 0 Å². The van der Waals surface area contributed by atoms with Gasteiger partial charge in [-0.2, -0.15) is 0 Å². The highest BCUT2D eigenvalue weighted by molar-refractivity contribution is 5.88. The molecular formula is C14H15N3O3. The smallest absolute Gasteiger partial charge is 0.341 e. The highest BCUT2D eigenvalue weighted by Gasteiger charge is 2.09. The summed E-state index contributed by atoms with van der Waals surface area (Å²) in [6.07, 6.45) is 4.73. The summed E-state index contributed by atoms with van der Waals surface area (Å²) in [5.74, 6) is 0.240. The van der Waals surface area contributed by atoms with Crippen LogP contribution in [0.25, 0.3) is 0 Å². The second-order valence-corrected chi connectivity index (χ2v) is 4.08. The Bertz CT molecular complexity index is 587. The van der Waals surface area contributed by atoms with Crippen molar-refractivity contribution in [3.63, 3.8) is 0 Å². The molecule has 0 bridgehead atoms. The molecule has 0 aliphatic heterocycles. The Morgan fingerprint density at radius 3 is 2.75 bits per heavy atom. The summed E-state index contributed by atoms with van der Waals surface area (Å²) in [6, 6.07) is 5.38. The first-order valence-corrected chi connectivity index (χ1v) is 6.05. The van der Waals surface area contributed by atoms with Crippen molar-refractivity contribution < 1.29 is 14.3 Å². The molecule has 104 valence electrons. The molecule has 6 nitrogen and oxygen atoms in total.